The SMILES string of the molecule is CCCCCCC=Cc1ccc(CCC(N)(CO)CO)cc1. The van der Waals surface area contributed by atoms with Crippen molar-refractivity contribution >= 4 is 6.08 Å². The van der Waals surface area contributed by atoms with Gasteiger partial charge >= 0.3 is 0 Å². The molecule has 3 heteroatoms. The fourth-order valence-corrected chi connectivity index (χ4v) is 2.31. The van der Waals surface area contributed by atoms with Gasteiger partial charge in [-0.2, -0.15) is 0 Å². The number of aryl methyl sites for hydroxylation is 1. The largest absolute Gasteiger partial charge is 0.394 e. The van der Waals surface area contributed by atoms with E-state index in [1.165, 1.54) is 36.8 Å². The van der Waals surface area contributed by atoms with Crippen LogP contribution in [0.4, 0.5) is 0 Å². The Morgan fingerprint density at radius 1 is 1.05 bits per heavy atom. The van der Waals surface area contributed by atoms with Crippen LogP contribution in [0.1, 0.15) is 56.6 Å². The molecule has 0 spiro atoms. The third kappa shape index (κ3) is 7.21. The lowest BCUT2D eigenvalue weighted by molar-refractivity contribution is 0.115. The number of nitrogens with two attached hydrogens (primary N) is 1. The standard InChI is InChI=1S/C19H31NO2/c1-2-3-4-5-6-7-8-17-9-11-18(12-10-17)13-14-19(20,15-21)16-22/h7-12,21-22H,2-6,13-16,20H2,1H3. The van der Waals surface area contributed by atoms with Crippen LogP contribution in [0.2, 0.25) is 0 Å². The molecule has 0 saturated heterocycles. The maximum Gasteiger partial charge on any atom is 0.0633 e. The number of hydrogen-bond donors (Lipinski definition) is 3. The topological polar surface area (TPSA) is 66.5 Å². The van der Waals surface area contributed by atoms with E-state index < -0.39 is 5.54 Å². The lowest BCUT2D eigenvalue weighted by atomic mass is 9.93. The van der Waals surface area contributed by atoms with Crippen molar-refractivity contribution in [2.45, 2.75) is 57.4 Å². The molecule has 0 fully saturated rings. The predicted octanol–water partition coefficient (Wildman–Crippen LogP) is 3.28. The van der Waals surface area contributed by atoms with Gasteiger partial charge in [0.15, 0.2) is 0 Å². The molecule has 0 bridgehead atoms. The van der Waals surface area contributed by atoms with Gasteiger partial charge in [-0.05, 0) is 36.8 Å². The van der Waals surface area contributed by atoms with Crippen molar-refractivity contribution in [3.05, 3.63) is 41.5 Å². The Morgan fingerprint density at radius 2 is 1.73 bits per heavy atom. The number of hydrogen-bond acceptors (Lipinski definition) is 3. The normalized spacial score (nSPS) is 12.2. The molecule has 4 N–H and O–H groups in total. The number of unbranched alkanes of at least 4 members (excludes halogenated alkanes) is 4. The molecule has 0 radical (unpaired) electrons. The number of allylic oxidation sites excluding steroid dienone is 1. The first-order chi connectivity index (χ1) is 10.6. The molecule has 0 aliphatic carbocycles. The molecule has 0 aromatic heterocycles. The highest BCUT2D eigenvalue weighted by Crippen LogP contribution is 2.14. The quantitative estimate of drug-likeness (QED) is 0.550. The molecule has 0 aliphatic rings. The van der Waals surface area contributed by atoms with Gasteiger partial charge in [0, 0.05) is 0 Å². The molecule has 1 aromatic carbocycles. The Bertz CT molecular complexity index is 422. The van der Waals surface area contributed by atoms with Crippen LogP contribution in [0.15, 0.2) is 30.3 Å². The average Bonchev–Trinajstić information content (AvgIpc) is 2.57. The summed E-state index contributed by atoms with van der Waals surface area (Å²) in [6, 6.07) is 8.39. The van der Waals surface area contributed by atoms with Crippen LogP contribution in [0.5, 0.6) is 0 Å². The van der Waals surface area contributed by atoms with Gasteiger partial charge in [-0.25, -0.2) is 0 Å². The zero-order chi connectivity index (χ0) is 16.3. The molecule has 0 saturated carbocycles. The van der Waals surface area contributed by atoms with Crippen molar-refractivity contribution < 1.29 is 10.2 Å². The van der Waals surface area contributed by atoms with E-state index in [0.29, 0.717) is 6.42 Å². The third-order valence-electron chi connectivity index (χ3n) is 4.06. The van der Waals surface area contributed by atoms with E-state index in [4.69, 9.17) is 5.73 Å². The highest BCUT2D eigenvalue weighted by atomic mass is 16.3. The Morgan fingerprint density at radius 3 is 2.32 bits per heavy atom. The minimum Gasteiger partial charge on any atom is -0.394 e. The molecule has 0 unspecified atom stereocenters. The van der Waals surface area contributed by atoms with Gasteiger partial charge < -0.3 is 15.9 Å². The number of aliphatic hydroxyl groups excluding tert-OH is 2. The second-order valence-electron chi connectivity index (χ2n) is 6.17. The summed E-state index contributed by atoms with van der Waals surface area (Å²) in [7, 11) is 0. The minimum atomic E-state index is -0.878. The molecule has 1 aromatic rings. The maximum atomic E-state index is 9.19. The molecule has 22 heavy (non-hydrogen) atoms. The van der Waals surface area contributed by atoms with Crippen molar-refractivity contribution in [1.29, 1.82) is 0 Å². The van der Waals surface area contributed by atoms with Crippen LogP contribution in [-0.2, 0) is 6.42 Å². The van der Waals surface area contributed by atoms with E-state index in [1.807, 2.05) is 0 Å². The monoisotopic (exact) mass is 305 g/mol. The van der Waals surface area contributed by atoms with Crippen molar-refractivity contribution in [1.82, 2.24) is 0 Å². The van der Waals surface area contributed by atoms with Gasteiger partial charge in [0.2, 0.25) is 0 Å². The highest BCUT2D eigenvalue weighted by Gasteiger charge is 2.22. The van der Waals surface area contributed by atoms with Crippen LogP contribution in [0, 0.1) is 0 Å². The maximum absolute atomic E-state index is 9.19. The zero-order valence-electron chi connectivity index (χ0n) is 13.8. The van der Waals surface area contributed by atoms with E-state index in [1.54, 1.807) is 0 Å². The molecule has 3 nitrogen and oxygen atoms in total. The average molecular weight is 305 g/mol. The van der Waals surface area contributed by atoms with Crippen molar-refractivity contribution in [3.8, 4) is 0 Å². The van der Waals surface area contributed by atoms with Crippen LogP contribution < -0.4 is 5.73 Å². The molecular formula is C19H31NO2. The summed E-state index contributed by atoms with van der Waals surface area (Å²) in [5, 5.41) is 18.4. The van der Waals surface area contributed by atoms with Crippen molar-refractivity contribution in [3.63, 3.8) is 0 Å². The molecule has 0 atom stereocenters. The van der Waals surface area contributed by atoms with Gasteiger partial charge in [-0.15, -0.1) is 0 Å². The van der Waals surface area contributed by atoms with E-state index in [2.05, 4.69) is 43.3 Å². The summed E-state index contributed by atoms with van der Waals surface area (Å²) in [6.07, 6.45) is 12.1. The fraction of sp³-hybridized carbons (Fsp3) is 0.579. The zero-order valence-corrected chi connectivity index (χ0v) is 13.8. The van der Waals surface area contributed by atoms with Crippen LogP contribution >= 0.6 is 0 Å². The van der Waals surface area contributed by atoms with Crippen LogP contribution in [-0.4, -0.2) is 29.0 Å². The van der Waals surface area contributed by atoms with Crippen molar-refractivity contribution in [2.75, 3.05) is 13.2 Å². The van der Waals surface area contributed by atoms with E-state index in [9.17, 15) is 10.2 Å². The summed E-state index contributed by atoms with van der Waals surface area (Å²) in [6.45, 7) is 1.85. The molecule has 0 amide bonds. The number of aliphatic hydroxyl groups is 2. The van der Waals surface area contributed by atoms with Crippen LogP contribution in [0.3, 0.4) is 0 Å². The third-order valence-corrected chi connectivity index (χ3v) is 4.06. The Labute approximate surface area is 134 Å². The first-order valence-corrected chi connectivity index (χ1v) is 8.39. The summed E-state index contributed by atoms with van der Waals surface area (Å²) in [4.78, 5) is 0. The molecular weight excluding hydrogens is 274 g/mol. The minimum absolute atomic E-state index is 0.192. The molecule has 0 heterocycles. The fourth-order valence-electron chi connectivity index (χ4n) is 2.31. The van der Waals surface area contributed by atoms with Gasteiger partial charge in [0.25, 0.3) is 0 Å². The number of benzene rings is 1. The Balaban J connectivity index is 2.38. The van der Waals surface area contributed by atoms with Gasteiger partial charge in [-0.1, -0.05) is 62.6 Å². The smallest absolute Gasteiger partial charge is 0.0633 e. The molecule has 1 rings (SSSR count). The number of rotatable bonds is 11. The summed E-state index contributed by atoms with van der Waals surface area (Å²) in [5.41, 5.74) is 7.39. The molecule has 0 aliphatic heterocycles. The lowest BCUT2D eigenvalue weighted by Crippen LogP contribution is -2.47. The first kappa shape index (κ1) is 18.9. The highest BCUT2D eigenvalue weighted by molar-refractivity contribution is 5.49. The van der Waals surface area contributed by atoms with E-state index in [-0.39, 0.29) is 13.2 Å². The van der Waals surface area contributed by atoms with Gasteiger partial charge in [0.05, 0.1) is 18.8 Å². The van der Waals surface area contributed by atoms with Crippen LogP contribution in [0.25, 0.3) is 6.08 Å². The Kier molecular flexibility index (Phi) is 9.05. The summed E-state index contributed by atoms with van der Waals surface area (Å²) >= 11 is 0. The van der Waals surface area contributed by atoms with Gasteiger partial charge in [0.1, 0.15) is 0 Å². The first-order valence-electron chi connectivity index (χ1n) is 8.39. The van der Waals surface area contributed by atoms with Crippen molar-refractivity contribution in [2.24, 2.45) is 5.73 Å². The lowest BCUT2D eigenvalue weighted by Gasteiger charge is -2.24. The van der Waals surface area contributed by atoms with E-state index >= 15 is 0 Å². The second kappa shape index (κ2) is 10.5. The summed E-state index contributed by atoms with van der Waals surface area (Å²) < 4.78 is 0. The predicted molar refractivity (Wildman–Crippen MR) is 93.6 cm³/mol. The second-order valence-corrected chi connectivity index (χ2v) is 6.17. The van der Waals surface area contributed by atoms with E-state index in [0.717, 1.165) is 12.8 Å². The van der Waals surface area contributed by atoms with Gasteiger partial charge in [-0.3, -0.25) is 0 Å². The molecule has 124 valence electrons. The summed E-state index contributed by atoms with van der Waals surface area (Å²) in [5.74, 6) is 0. The Hall–Kier alpha value is -1.16.